The molecule has 6 heteroatoms. The Labute approximate surface area is 86.9 Å². The number of nitrogens with zero attached hydrogens (tertiary/aromatic N) is 4. The van der Waals surface area contributed by atoms with E-state index in [1.54, 1.807) is 6.07 Å². The summed E-state index contributed by atoms with van der Waals surface area (Å²) >= 11 is 2.03. The second kappa shape index (κ2) is 3.36. The fourth-order valence-corrected chi connectivity index (χ4v) is 1.66. The van der Waals surface area contributed by atoms with Crippen LogP contribution in [0.25, 0.3) is 5.69 Å². The summed E-state index contributed by atoms with van der Waals surface area (Å²) in [5.74, 6) is -0.263. The van der Waals surface area contributed by atoms with E-state index in [2.05, 4.69) is 15.5 Å². The van der Waals surface area contributed by atoms with Gasteiger partial charge in [0.15, 0.2) is 0 Å². The fraction of sp³-hybridized carbons (Fsp3) is 0. The number of aromatic nitrogens is 4. The minimum Gasteiger partial charge on any atom is -0.207 e. The summed E-state index contributed by atoms with van der Waals surface area (Å²) in [6.45, 7) is 0. The molecule has 66 valence electrons. The summed E-state index contributed by atoms with van der Waals surface area (Å²) in [6, 6.07) is 4.43. The van der Waals surface area contributed by atoms with E-state index in [1.165, 1.54) is 23.1 Å². The first kappa shape index (κ1) is 8.54. The van der Waals surface area contributed by atoms with Crippen LogP contribution in [0.15, 0.2) is 24.5 Å². The van der Waals surface area contributed by atoms with Gasteiger partial charge in [-0.05, 0) is 51.2 Å². The zero-order chi connectivity index (χ0) is 9.26. The smallest absolute Gasteiger partial charge is 0.143 e. The van der Waals surface area contributed by atoms with Crippen LogP contribution in [-0.4, -0.2) is 20.2 Å². The minimum atomic E-state index is -0.263. The highest BCUT2D eigenvalue weighted by molar-refractivity contribution is 14.1. The molecule has 2 aromatic rings. The molecule has 0 aliphatic carbocycles. The predicted molar refractivity (Wildman–Crippen MR) is 51.8 cm³/mol. The van der Waals surface area contributed by atoms with Crippen LogP contribution in [0.5, 0.6) is 0 Å². The molecule has 0 saturated heterocycles. The van der Waals surface area contributed by atoms with Gasteiger partial charge in [-0.2, -0.15) is 4.68 Å². The van der Waals surface area contributed by atoms with Gasteiger partial charge in [0.25, 0.3) is 0 Å². The molecule has 1 aromatic carbocycles. The van der Waals surface area contributed by atoms with Gasteiger partial charge < -0.3 is 0 Å². The van der Waals surface area contributed by atoms with E-state index in [0.717, 1.165) is 9.26 Å². The first-order valence-corrected chi connectivity index (χ1v) is 4.53. The second-order valence-electron chi connectivity index (χ2n) is 2.35. The Bertz CT molecular complexity index is 414. The van der Waals surface area contributed by atoms with Gasteiger partial charge in [-0.25, -0.2) is 4.39 Å². The monoisotopic (exact) mass is 290 g/mol. The van der Waals surface area contributed by atoms with Gasteiger partial charge in [0.2, 0.25) is 0 Å². The van der Waals surface area contributed by atoms with Gasteiger partial charge in [0, 0.05) is 3.57 Å². The van der Waals surface area contributed by atoms with E-state index in [-0.39, 0.29) is 5.82 Å². The van der Waals surface area contributed by atoms with E-state index in [4.69, 9.17) is 0 Å². The molecular formula is C7H4FIN4. The normalized spacial score (nSPS) is 10.3. The average Bonchev–Trinajstić information content (AvgIpc) is 2.56. The summed E-state index contributed by atoms with van der Waals surface area (Å²) < 4.78 is 15.0. The Kier molecular flexibility index (Phi) is 2.21. The molecule has 0 fully saturated rings. The molecule has 0 radical (unpaired) electrons. The fourth-order valence-electron chi connectivity index (χ4n) is 0.939. The highest BCUT2D eigenvalue weighted by atomic mass is 127. The zero-order valence-electron chi connectivity index (χ0n) is 6.35. The molecule has 0 saturated carbocycles. The summed E-state index contributed by atoms with van der Waals surface area (Å²) in [5.41, 5.74) is 0.770. The lowest BCUT2D eigenvalue weighted by molar-refractivity contribution is 0.625. The molecule has 1 aromatic heterocycles. The molecular weight excluding hydrogens is 286 g/mol. The van der Waals surface area contributed by atoms with E-state index in [1.807, 2.05) is 22.6 Å². The van der Waals surface area contributed by atoms with Crippen LogP contribution < -0.4 is 0 Å². The summed E-state index contributed by atoms with van der Waals surface area (Å²) in [5, 5.41) is 10.7. The lowest BCUT2D eigenvalue weighted by Gasteiger charge is -2.01. The van der Waals surface area contributed by atoms with Crippen LogP contribution in [0, 0.1) is 9.39 Å². The number of tetrazole rings is 1. The number of benzene rings is 1. The van der Waals surface area contributed by atoms with Crippen LogP contribution in [-0.2, 0) is 0 Å². The molecule has 1 heterocycles. The number of rotatable bonds is 1. The Hall–Kier alpha value is -1.05. The third-order valence-corrected chi connectivity index (χ3v) is 2.37. The highest BCUT2D eigenvalue weighted by Crippen LogP contribution is 2.16. The molecule has 0 amide bonds. The van der Waals surface area contributed by atoms with Gasteiger partial charge in [0.05, 0.1) is 5.69 Å². The van der Waals surface area contributed by atoms with Crippen molar-refractivity contribution in [3.05, 3.63) is 33.9 Å². The summed E-state index contributed by atoms with van der Waals surface area (Å²) in [6.07, 6.45) is 1.47. The quantitative estimate of drug-likeness (QED) is 0.746. The van der Waals surface area contributed by atoms with E-state index < -0.39 is 0 Å². The number of hydrogen-bond acceptors (Lipinski definition) is 3. The largest absolute Gasteiger partial charge is 0.207 e. The molecule has 13 heavy (non-hydrogen) atoms. The maximum atomic E-state index is 12.7. The van der Waals surface area contributed by atoms with E-state index in [0.29, 0.717) is 0 Å². The molecule has 4 nitrogen and oxygen atoms in total. The Morgan fingerprint density at radius 2 is 2.23 bits per heavy atom. The zero-order valence-corrected chi connectivity index (χ0v) is 8.51. The first-order valence-electron chi connectivity index (χ1n) is 3.46. The molecule has 0 atom stereocenters. The van der Waals surface area contributed by atoms with Gasteiger partial charge >= 0.3 is 0 Å². The lowest BCUT2D eigenvalue weighted by atomic mass is 10.3. The second-order valence-corrected chi connectivity index (χ2v) is 3.51. The molecule has 0 N–H and O–H groups in total. The highest BCUT2D eigenvalue weighted by Gasteiger charge is 2.03. The lowest BCUT2D eigenvalue weighted by Crippen LogP contribution is -1.98. The molecule has 0 unspecified atom stereocenters. The van der Waals surface area contributed by atoms with Crippen LogP contribution >= 0.6 is 22.6 Å². The SMILES string of the molecule is Fc1ccc(-n2cnnn2)c(I)c1. The van der Waals surface area contributed by atoms with Crippen molar-refractivity contribution in [1.29, 1.82) is 0 Å². The van der Waals surface area contributed by atoms with Gasteiger partial charge in [-0.3, -0.25) is 0 Å². The van der Waals surface area contributed by atoms with Crippen LogP contribution in [0.4, 0.5) is 4.39 Å². The van der Waals surface area contributed by atoms with E-state index >= 15 is 0 Å². The third kappa shape index (κ3) is 1.67. The van der Waals surface area contributed by atoms with Gasteiger partial charge in [-0.1, -0.05) is 0 Å². The first-order chi connectivity index (χ1) is 6.27. The Morgan fingerprint density at radius 3 is 2.85 bits per heavy atom. The molecule has 0 aliphatic heterocycles. The van der Waals surface area contributed by atoms with Crippen molar-refractivity contribution in [2.24, 2.45) is 0 Å². The van der Waals surface area contributed by atoms with Gasteiger partial charge in [-0.15, -0.1) is 5.10 Å². The van der Waals surface area contributed by atoms with Crippen molar-refractivity contribution in [2.75, 3.05) is 0 Å². The molecule has 0 bridgehead atoms. The van der Waals surface area contributed by atoms with Crippen LogP contribution in [0.1, 0.15) is 0 Å². The van der Waals surface area contributed by atoms with Crippen LogP contribution in [0.3, 0.4) is 0 Å². The maximum absolute atomic E-state index is 12.7. The van der Waals surface area contributed by atoms with Gasteiger partial charge in [0.1, 0.15) is 12.1 Å². The van der Waals surface area contributed by atoms with Crippen molar-refractivity contribution in [2.45, 2.75) is 0 Å². The van der Waals surface area contributed by atoms with Crippen molar-refractivity contribution < 1.29 is 4.39 Å². The average molecular weight is 290 g/mol. The molecule has 2 rings (SSSR count). The van der Waals surface area contributed by atoms with Crippen molar-refractivity contribution >= 4 is 22.6 Å². The summed E-state index contributed by atoms with van der Waals surface area (Å²) in [4.78, 5) is 0. The Balaban J connectivity index is 2.53. The molecule has 0 aliphatic rings. The number of halogens is 2. The number of hydrogen-bond donors (Lipinski definition) is 0. The maximum Gasteiger partial charge on any atom is 0.143 e. The minimum absolute atomic E-state index is 0.263. The summed E-state index contributed by atoms with van der Waals surface area (Å²) in [7, 11) is 0. The third-order valence-electron chi connectivity index (χ3n) is 1.51. The van der Waals surface area contributed by atoms with Crippen LogP contribution in [0.2, 0.25) is 0 Å². The predicted octanol–water partition coefficient (Wildman–Crippen LogP) is 1.41. The van der Waals surface area contributed by atoms with Crippen molar-refractivity contribution in [3.63, 3.8) is 0 Å². The topological polar surface area (TPSA) is 43.6 Å². The Morgan fingerprint density at radius 1 is 1.38 bits per heavy atom. The van der Waals surface area contributed by atoms with Crippen molar-refractivity contribution in [1.82, 2.24) is 20.2 Å². The van der Waals surface area contributed by atoms with E-state index in [9.17, 15) is 4.39 Å². The standard InChI is InChI=1S/C7H4FIN4/c8-5-1-2-7(6(9)3-5)13-4-10-11-12-13/h1-4H. The molecule has 0 spiro atoms. The van der Waals surface area contributed by atoms with Crippen molar-refractivity contribution in [3.8, 4) is 5.69 Å².